The minimum Gasteiger partial charge on any atom is -0.492 e. The van der Waals surface area contributed by atoms with E-state index in [1.54, 1.807) is 0 Å². The number of hydrogen-bond acceptors (Lipinski definition) is 3. The third-order valence-corrected chi connectivity index (χ3v) is 4.42. The van der Waals surface area contributed by atoms with Gasteiger partial charge in [0, 0.05) is 25.8 Å². The summed E-state index contributed by atoms with van der Waals surface area (Å²) in [5.41, 5.74) is 2.31. The van der Waals surface area contributed by atoms with Gasteiger partial charge in [-0.05, 0) is 36.6 Å². The van der Waals surface area contributed by atoms with Gasteiger partial charge in [0.2, 0.25) is 5.91 Å². The summed E-state index contributed by atoms with van der Waals surface area (Å²) in [6.45, 7) is 2.06. The number of rotatable bonds is 6. The van der Waals surface area contributed by atoms with E-state index in [0.717, 1.165) is 30.7 Å². The fourth-order valence-electron chi connectivity index (χ4n) is 2.98. The second kappa shape index (κ2) is 7.86. The Labute approximate surface area is 143 Å². The number of ether oxygens (including phenoxy) is 1. The summed E-state index contributed by atoms with van der Waals surface area (Å²) in [6.07, 6.45) is 1.67. The molecule has 1 aliphatic heterocycles. The average molecular weight is 324 g/mol. The van der Waals surface area contributed by atoms with Gasteiger partial charge >= 0.3 is 0 Å². The number of anilines is 1. The Morgan fingerprint density at radius 2 is 1.92 bits per heavy atom. The number of fused-ring (bicyclic) bond motifs is 1. The lowest BCUT2D eigenvalue weighted by atomic mass is 9.96. The van der Waals surface area contributed by atoms with Gasteiger partial charge in [0.1, 0.15) is 12.4 Å². The van der Waals surface area contributed by atoms with E-state index in [1.165, 1.54) is 5.69 Å². The van der Waals surface area contributed by atoms with Gasteiger partial charge in [-0.15, -0.1) is 0 Å². The molecule has 0 radical (unpaired) electrons. The summed E-state index contributed by atoms with van der Waals surface area (Å²) in [5, 5.41) is 3.04. The molecule has 0 spiro atoms. The number of hydrogen-bond donors (Lipinski definition) is 1. The molecule has 0 saturated heterocycles. The molecule has 1 heterocycles. The van der Waals surface area contributed by atoms with Crippen LogP contribution in [0.5, 0.6) is 5.75 Å². The van der Waals surface area contributed by atoms with Crippen molar-refractivity contribution in [2.75, 3.05) is 31.6 Å². The number of para-hydroxylation sites is 2. The van der Waals surface area contributed by atoms with Crippen molar-refractivity contribution in [1.29, 1.82) is 0 Å². The number of nitrogens with zero attached hydrogens (tertiary/aromatic N) is 1. The largest absolute Gasteiger partial charge is 0.492 e. The van der Waals surface area contributed by atoms with Crippen molar-refractivity contribution in [3.05, 3.63) is 60.2 Å². The highest BCUT2D eigenvalue weighted by Crippen LogP contribution is 2.26. The zero-order chi connectivity index (χ0) is 16.8. The molecule has 3 rings (SSSR count). The number of benzene rings is 2. The summed E-state index contributed by atoms with van der Waals surface area (Å²) in [6, 6.07) is 18.2. The molecule has 1 unspecified atom stereocenters. The third-order valence-electron chi connectivity index (χ3n) is 4.42. The second-order valence-electron chi connectivity index (χ2n) is 6.22. The highest BCUT2D eigenvalue weighted by molar-refractivity contribution is 5.79. The first-order valence-electron chi connectivity index (χ1n) is 8.48. The summed E-state index contributed by atoms with van der Waals surface area (Å²) >= 11 is 0. The quantitative estimate of drug-likeness (QED) is 0.831. The maximum absolute atomic E-state index is 12.3. The van der Waals surface area contributed by atoms with E-state index in [2.05, 4.69) is 29.4 Å². The molecule has 4 nitrogen and oxygen atoms in total. The molecule has 1 amide bonds. The van der Waals surface area contributed by atoms with Gasteiger partial charge in [0.15, 0.2) is 0 Å². The van der Waals surface area contributed by atoms with E-state index in [1.807, 2.05) is 42.5 Å². The van der Waals surface area contributed by atoms with Gasteiger partial charge in [0.05, 0.1) is 5.92 Å². The summed E-state index contributed by atoms with van der Waals surface area (Å²) in [7, 11) is 2.07. The van der Waals surface area contributed by atoms with E-state index in [0.29, 0.717) is 13.2 Å². The molecule has 0 aliphatic carbocycles. The van der Waals surface area contributed by atoms with E-state index in [-0.39, 0.29) is 11.8 Å². The molecule has 1 aliphatic rings. The Hall–Kier alpha value is -2.49. The van der Waals surface area contributed by atoms with Crippen molar-refractivity contribution in [3.63, 3.8) is 0 Å². The average Bonchev–Trinajstić information content (AvgIpc) is 2.65. The van der Waals surface area contributed by atoms with E-state index in [4.69, 9.17) is 4.74 Å². The molecule has 0 saturated carbocycles. The molecule has 0 fully saturated rings. The van der Waals surface area contributed by atoms with Crippen LogP contribution in [0.4, 0.5) is 5.69 Å². The van der Waals surface area contributed by atoms with Crippen LogP contribution in [0.2, 0.25) is 0 Å². The fourth-order valence-corrected chi connectivity index (χ4v) is 2.98. The first kappa shape index (κ1) is 16.4. The number of nitrogens with one attached hydrogen (secondary N) is 1. The van der Waals surface area contributed by atoms with Gasteiger partial charge in [-0.3, -0.25) is 4.79 Å². The number of amides is 1. The van der Waals surface area contributed by atoms with Crippen molar-refractivity contribution >= 4 is 11.6 Å². The predicted molar refractivity (Wildman–Crippen MR) is 96.5 cm³/mol. The Bertz CT molecular complexity index is 672. The van der Waals surface area contributed by atoms with Crippen LogP contribution in [0.25, 0.3) is 0 Å². The van der Waals surface area contributed by atoms with E-state index in [9.17, 15) is 4.79 Å². The third kappa shape index (κ3) is 4.07. The lowest BCUT2D eigenvalue weighted by Gasteiger charge is -2.24. The minimum atomic E-state index is -0.0910. The summed E-state index contributed by atoms with van der Waals surface area (Å²) in [4.78, 5) is 14.5. The van der Waals surface area contributed by atoms with Crippen LogP contribution >= 0.6 is 0 Å². The van der Waals surface area contributed by atoms with Crippen LogP contribution in [0, 0.1) is 5.92 Å². The smallest absolute Gasteiger partial charge is 0.226 e. The van der Waals surface area contributed by atoms with Crippen molar-refractivity contribution in [3.8, 4) is 5.75 Å². The van der Waals surface area contributed by atoms with Gasteiger partial charge in [0.25, 0.3) is 0 Å². The normalized spacial score (nSPS) is 16.0. The maximum Gasteiger partial charge on any atom is 0.226 e. The highest BCUT2D eigenvalue weighted by Gasteiger charge is 2.25. The number of carbonyl (C=O) groups is 1. The molecule has 126 valence electrons. The molecule has 2 aromatic rings. The minimum absolute atomic E-state index is 0.0897. The van der Waals surface area contributed by atoms with Crippen LogP contribution < -0.4 is 15.0 Å². The molecule has 0 bridgehead atoms. The van der Waals surface area contributed by atoms with Gasteiger partial charge in [-0.25, -0.2) is 0 Å². The summed E-state index contributed by atoms with van der Waals surface area (Å²) < 4.78 is 5.69. The van der Waals surface area contributed by atoms with Gasteiger partial charge in [-0.2, -0.15) is 0 Å². The van der Waals surface area contributed by atoms with Crippen LogP contribution in [0.3, 0.4) is 0 Å². The molecule has 24 heavy (non-hydrogen) atoms. The Morgan fingerprint density at radius 1 is 1.17 bits per heavy atom. The summed E-state index contributed by atoms with van der Waals surface area (Å²) in [5.74, 6) is 0.907. The number of carbonyl (C=O) groups excluding carboxylic acids is 1. The molecule has 0 aromatic heterocycles. The van der Waals surface area contributed by atoms with Crippen molar-refractivity contribution < 1.29 is 9.53 Å². The Morgan fingerprint density at radius 3 is 2.75 bits per heavy atom. The molecule has 4 heteroatoms. The molecule has 1 atom stereocenters. The second-order valence-corrected chi connectivity index (χ2v) is 6.22. The van der Waals surface area contributed by atoms with Crippen LogP contribution in [-0.2, 0) is 11.2 Å². The Balaban J connectivity index is 1.40. The van der Waals surface area contributed by atoms with Crippen molar-refractivity contribution in [2.45, 2.75) is 12.8 Å². The lowest BCUT2D eigenvalue weighted by molar-refractivity contribution is -0.126. The molecular weight excluding hydrogens is 300 g/mol. The molecule has 1 N–H and O–H groups in total. The Kier molecular flexibility index (Phi) is 5.36. The maximum atomic E-state index is 12.3. The molecule has 2 aromatic carbocycles. The van der Waals surface area contributed by atoms with Crippen LogP contribution in [0.15, 0.2) is 54.6 Å². The SMILES string of the molecule is CN(CCCNC(=O)C1COc2ccccc2C1)c1ccccc1. The zero-order valence-corrected chi connectivity index (χ0v) is 14.1. The predicted octanol–water partition coefficient (Wildman–Crippen LogP) is 2.88. The first-order valence-corrected chi connectivity index (χ1v) is 8.48. The van der Waals surface area contributed by atoms with E-state index >= 15 is 0 Å². The lowest BCUT2D eigenvalue weighted by Crippen LogP contribution is -2.38. The molecular formula is C20H24N2O2. The van der Waals surface area contributed by atoms with E-state index < -0.39 is 0 Å². The highest BCUT2D eigenvalue weighted by atomic mass is 16.5. The zero-order valence-electron chi connectivity index (χ0n) is 14.1. The van der Waals surface area contributed by atoms with Gasteiger partial charge < -0.3 is 15.0 Å². The topological polar surface area (TPSA) is 41.6 Å². The van der Waals surface area contributed by atoms with Crippen LogP contribution in [-0.4, -0.2) is 32.7 Å². The van der Waals surface area contributed by atoms with Crippen molar-refractivity contribution in [2.24, 2.45) is 5.92 Å². The fraction of sp³-hybridized carbons (Fsp3) is 0.350. The monoisotopic (exact) mass is 324 g/mol. The van der Waals surface area contributed by atoms with Gasteiger partial charge in [-0.1, -0.05) is 36.4 Å². The van der Waals surface area contributed by atoms with Crippen molar-refractivity contribution in [1.82, 2.24) is 5.32 Å². The first-order chi connectivity index (χ1) is 11.7. The van der Waals surface area contributed by atoms with Crippen LogP contribution in [0.1, 0.15) is 12.0 Å². The standard InChI is InChI=1S/C20H24N2O2/c1-22(18-9-3-2-4-10-18)13-7-12-21-20(23)17-14-16-8-5-6-11-19(16)24-15-17/h2-6,8-11,17H,7,12-15H2,1H3,(H,21,23).